The van der Waals surface area contributed by atoms with Gasteiger partial charge in [0.05, 0.1) is 22.0 Å². The summed E-state index contributed by atoms with van der Waals surface area (Å²) in [4.78, 5) is 17.7. The number of hydrogen-bond donors (Lipinski definition) is 0. The van der Waals surface area contributed by atoms with Crippen molar-refractivity contribution in [1.82, 2.24) is 9.88 Å². The van der Waals surface area contributed by atoms with Crippen LogP contribution in [0.3, 0.4) is 0 Å². The molecular formula is C22H19ClF3N3O2S. The van der Waals surface area contributed by atoms with E-state index in [1.807, 2.05) is 6.07 Å². The van der Waals surface area contributed by atoms with Gasteiger partial charge in [0, 0.05) is 25.9 Å². The molecule has 0 radical (unpaired) electrons. The number of hydrogen-bond acceptors (Lipinski definition) is 3. The minimum absolute atomic E-state index is 0.0460. The third kappa shape index (κ3) is 5.46. The second-order valence-electron chi connectivity index (χ2n) is 7.02. The number of rotatable bonds is 6. The van der Waals surface area contributed by atoms with Gasteiger partial charge in [-0.25, -0.2) is 9.19 Å². The summed E-state index contributed by atoms with van der Waals surface area (Å²) in [7, 11) is 1.38. The molecule has 5 nitrogen and oxygen atoms in total. The maximum absolute atomic E-state index is 13.4. The molecule has 3 aromatic rings. The van der Waals surface area contributed by atoms with Crippen LogP contribution in [0.1, 0.15) is 21.5 Å². The summed E-state index contributed by atoms with van der Waals surface area (Å²) in [6.07, 6.45) is -3.94. The number of alkyl halides is 3. The summed E-state index contributed by atoms with van der Waals surface area (Å²) in [6, 6.07) is 15.9. The van der Waals surface area contributed by atoms with Crippen LogP contribution >= 0.6 is 11.6 Å². The summed E-state index contributed by atoms with van der Waals surface area (Å²) in [5.41, 5.74) is 0.178. The molecule has 0 aliphatic heterocycles. The molecule has 0 spiro atoms. The van der Waals surface area contributed by atoms with Gasteiger partial charge in [0.1, 0.15) is 0 Å². The predicted octanol–water partition coefficient (Wildman–Crippen LogP) is 5.19. The number of nitrogens with zero attached hydrogens (tertiary/aromatic N) is 3. The molecule has 0 bridgehead atoms. The van der Waals surface area contributed by atoms with Gasteiger partial charge in [-0.3, -0.25) is 9.10 Å². The summed E-state index contributed by atoms with van der Waals surface area (Å²) in [5.74, 6) is -0.258. The van der Waals surface area contributed by atoms with Crippen molar-refractivity contribution in [3.05, 3.63) is 88.6 Å². The van der Waals surface area contributed by atoms with Gasteiger partial charge in [-0.15, -0.1) is 0 Å². The third-order valence-electron chi connectivity index (χ3n) is 4.46. The molecule has 0 saturated carbocycles. The first-order chi connectivity index (χ1) is 15.1. The van der Waals surface area contributed by atoms with Gasteiger partial charge >= 0.3 is 6.18 Å². The first-order valence-corrected chi connectivity index (χ1v) is 10.8. The van der Waals surface area contributed by atoms with Crippen LogP contribution in [0.5, 0.6) is 0 Å². The Labute approximate surface area is 191 Å². The molecule has 1 atom stereocenters. The highest BCUT2D eigenvalue weighted by Gasteiger charge is 2.32. The first kappa shape index (κ1) is 23.7. The Kier molecular flexibility index (Phi) is 7.20. The summed E-state index contributed by atoms with van der Waals surface area (Å²) in [5, 5.41) is -0.275. The molecule has 3 rings (SSSR count). The SMILES string of the molecule is CN(C)C(=O)c1ccc(S(=O)N(Cc2ccccc2)c2ncc(C(F)(F)F)cc2Cl)cc1. The quantitative estimate of drug-likeness (QED) is 0.487. The van der Waals surface area contributed by atoms with Crippen molar-refractivity contribution in [1.29, 1.82) is 0 Å². The van der Waals surface area contributed by atoms with E-state index in [9.17, 15) is 22.2 Å². The fourth-order valence-corrected chi connectivity index (χ4v) is 4.34. The monoisotopic (exact) mass is 481 g/mol. The van der Waals surface area contributed by atoms with Gasteiger partial charge in [-0.2, -0.15) is 13.2 Å². The molecular weight excluding hydrogens is 463 g/mol. The fourth-order valence-electron chi connectivity index (χ4n) is 2.83. The van der Waals surface area contributed by atoms with E-state index in [0.29, 0.717) is 16.7 Å². The highest BCUT2D eigenvalue weighted by atomic mass is 35.5. The lowest BCUT2D eigenvalue weighted by molar-refractivity contribution is -0.137. The lowest BCUT2D eigenvalue weighted by Gasteiger charge is -2.24. The predicted molar refractivity (Wildman–Crippen MR) is 118 cm³/mol. The van der Waals surface area contributed by atoms with E-state index in [1.54, 1.807) is 38.4 Å². The zero-order chi connectivity index (χ0) is 23.5. The van der Waals surface area contributed by atoms with Gasteiger partial charge in [-0.1, -0.05) is 41.9 Å². The molecule has 1 aromatic heterocycles. The first-order valence-electron chi connectivity index (χ1n) is 9.35. The van der Waals surface area contributed by atoms with Crippen LogP contribution in [-0.2, 0) is 23.7 Å². The molecule has 0 saturated heterocycles. The van der Waals surface area contributed by atoms with Crippen LogP contribution in [0, 0.1) is 0 Å². The van der Waals surface area contributed by atoms with Crippen molar-refractivity contribution in [2.24, 2.45) is 0 Å². The Balaban J connectivity index is 2.00. The summed E-state index contributed by atoms with van der Waals surface area (Å²) >= 11 is 6.14. The number of benzene rings is 2. The van der Waals surface area contributed by atoms with Crippen LogP contribution in [0.4, 0.5) is 19.0 Å². The van der Waals surface area contributed by atoms with Crippen LogP contribution in [0.15, 0.2) is 71.8 Å². The molecule has 32 heavy (non-hydrogen) atoms. The maximum Gasteiger partial charge on any atom is 0.417 e. The lowest BCUT2D eigenvalue weighted by Crippen LogP contribution is -2.27. The molecule has 1 unspecified atom stereocenters. The number of anilines is 1. The minimum Gasteiger partial charge on any atom is -0.345 e. The average Bonchev–Trinajstić information content (AvgIpc) is 2.77. The van der Waals surface area contributed by atoms with Crippen LogP contribution in [-0.4, -0.2) is 34.1 Å². The average molecular weight is 482 g/mol. The van der Waals surface area contributed by atoms with Crippen molar-refractivity contribution < 1.29 is 22.2 Å². The third-order valence-corrected chi connectivity index (χ3v) is 6.12. The Morgan fingerprint density at radius 1 is 1.06 bits per heavy atom. The molecule has 168 valence electrons. The van der Waals surface area contributed by atoms with Crippen LogP contribution in [0.2, 0.25) is 5.02 Å². The highest BCUT2D eigenvalue weighted by Crippen LogP contribution is 2.35. The van der Waals surface area contributed by atoms with E-state index in [-0.39, 0.29) is 23.3 Å². The zero-order valence-electron chi connectivity index (χ0n) is 17.1. The number of pyridine rings is 1. The molecule has 1 heterocycles. The molecule has 1 amide bonds. The van der Waals surface area contributed by atoms with Crippen molar-refractivity contribution in [2.75, 3.05) is 18.4 Å². The molecule has 2 aromatic carbocycles. The van der Waals surface area contributed by atoms with Crippen LogP contribution in [0.25, 0.3) is 0 Å². The van der Waals surface area contributed by atoms with Crippen molar-refractivity contribution >= 4 is 34.3 Å². The van der Waals surface area contributed by atoms with Gasteiger partial charge in [0.25, 0.3) is 5.91 Å². The van der Waals surface area contributed by atoms with Crippen LogP contribution < -0.4 is 4.31 Å². The van der Waals surface area contributed by atoms with Crippen molar-refractivity contribution in [3.63, 3.8) is 0 Å². The van der Waals surface area contributed by atoms with E-state index in [4.69, 9.17) is 11.6 Å². The van der Waals surface area contributed by atoms with Gasteiger partial charge < -0.3 is 4.90 Å². The molecule has 0 fully saturated rings. The molecule has 0 N–H and O–H groups in total. The Morgan fingerprint density at radius 3 is 2.22 bits per heavy atom. The van der Waals surface area contributed by atoms with E-state index in [1.165, 1.54) is 33.5 Å². The minimum atomic E-state index is -4.60. The maximum atomic E-state index is 13.4. The van der Waals surface area contributed by atoms with E-state index >= 15 is 0 Å². The topological polar surface area (TPSA) is 53.5 Å². The van der Waals surface area contributed by atoms with E-state index < -0.39 is 22.7 Å². The van der Waals surface area contributed by atoms with Gasteiger partial charge in [0.2, 0.25) is 0 Å². The second-order valence-corrected chi connectivity index (χ2v) is 8.84. The molecule has 0 aliphatic carbocycles. The smallest absolute Gasteiger partial charge is 0.345 e. The van der Waals surface area contributed by atoms with Crippen molar-refractivity contribution in [2.45, 2.75) is 17.6 Å². The summed E-state index contributed by atoms with van der Waals surface area (Å²) < 4.78 is 53.8. The van der Waals surface area contributed by atoms with Gasteiger partial charge in [-0.05, 0) is 35.9 Å². The molecule has 10 heteroatoms. The van der Waals surface area contributed by atoms with Crippen molar-refractivity contribution in [3.8, 4) is 0 Å². The van der Waals surface area contributed by atoms with E-state index in [0.717, 1.165) is 11.6 Å². The normalized spacial score (nSPS) is 12.3. The number of carbonyl (C=O) groups excluding carboxylic acids is 1. The molecule has 0 aliphatic rings. The number of carbonyl (C=O) groups is 1. The fraction of sp³-hybridized carbons (Fsp3) is 0.182. The Hall–Kier alpha value is -2.91. The summed E-state index contributed by atoms with van der Waals surface area (Å²) in [6.45, 7) is 0.0872. The lowest BCUT2D eigenvalue weighted by atomic mass is 10.2. The second kappa shape index (κ2) is 9.70. The number of halogens is 4. The van der Waals surface area contributed by atoms with Gasteiger partial charge in [0.15, 0.2) is 16.8 Å². The number of amides is 1. The highest BCUT2D eigenvalue weighted by molar-refractivity contribution is 7.86. The Bertz CT molecular complexity index is 1120. The van der Waals surface area contributed by atoms with E-state index in [2.05, 4.69) is 4.98 Å². The Morgan fingerprint density at radius 2 is 1.69 bits per heavy atom. The largest absolute Gasteiger partial charge is 0.417 e. The number of aromatic nitrogens is 1. The zero-order valence-corrected chi connectivity index (χ0v) is 18.7. The standard InChI is InChI=1S/C22H19ClF3N3O2S/c1-28(2)21(30)16-8-10-18(11-9-16)32(31)29(14-15-6-4-3-5-7-15)20-19(23)12-17(13-27-20)22(24,25)26/h3-13H,14H2,1-2H3.